The summed E-state index contributed by atoms with van der Waals surface area (Å²) in [5.41, 5.74) is 0. The first-order chi connectivity index (χ1) is 5.20. The first kappa shape index (κ1) is 7.91. The maximum absolute atomic E-state index is 11.6. The van der Waals surface area contributed by atoms with Crippen molar-refractivity contribution in [2.45, 2.75) is 12.8 Å². The molecule has 4 heteroatoms. The molecule has 0 atom stereocenters. The lowest BCUT2D eigenvalue weighted by molar-refractivity contribution is -0.129. The van der Waals surface area contributed by atoms with Gasteiger partial charge in [0.05, 0.1) is 12.7 Å². The molecule has 0 unspecified atom stereocenters. The average Bonchev–Trinajstić information content (AvgIpc) is 2.39. The van der Waals surface area contributed by atoms with Gasteiger partial charge in [0.1, 0.15) is 5.76 Å². The molecule has 1 heterocycles. The lowest BCUT2D eigenvalue weighted by atomic mass is 10.2. The molecule has 0 aromatic carbocycles. The van der Waals surface area contributed by atoms with Crippen LogP contribution in [0, 0.1) is 0 Å². The van der Waals surface area contributed by atoms with Gasteiger partial charge in [-0.2, -0.15) is 0 Å². The number of Topliss-reactive ketones (excluding diaryl/α,β-unsaturated/α-hetero) is 1. The van der Waals surface area contributed by atoms with Crippen molar-refractivity contribution < 1.29 is 18.0 Å². The molecule has 0 saturated carbocycles. The zero-order valence-electron chi connectivity index (χ0n) is 5.59. The summed E-state index contributed by atoms with van der Waals surface area (Å²) >= 11 is 0. The highest BCUT2D eigenvalue weighted by Crippen LogP contribution is 2.05. The van der Waals surface area contributed by atoms with E-state index in [4.69, 9.17) is 4.42 Å². The van der Waals surface area contributed by atoms with Crippen molar-refractivity contribution in [1.29, 1.82) is 0 Å². The summed E-state index contributed by atoms with van der Waals surface area (Å²) in [6, 6.07) is 3.04. The van der Waals surface area contributed by atoms with E-state index >= 15 is 0 Å². The van der Waals surface area contributed by atoms with Crippen molar-refractivity contribution in [3.05, 3.63) is 24.2 Å². The van der Waals surface area contributed by atoms with Gasteiger partial charge >= 0.3 is 0 Å². The monoisotopic (exact) mass is 160 g/mol. The second kappa shape index (κ2) is 3.27. The van der Waals surface area contributed by atoms with Crippen molar-refractivity contribution in [2.75, 3.05) is 0 Å². The smallest absolute Gasteiger partial charge is 0.296 e. The van der Waals surface area contributed by atoms with E-state index < -0.39 is 12.2 Å². The summed E-state index contributed by atoms with van der Waals surface area (Å²) in [6.45, 7) is 0. The molecule has 0 saturated heterocycles. The number of carbonyl (C=O) groups is 1. The van der Waals surface area contributed by atoms with Crippen LogP contribution in [-0.4, -0.2) is 12.2 Å². The van der Waals surface area contributed by atoms with Gasteiger partial charge in [-0.3, -0.25) is 4.79 Å². The predicted octanol–water partition coefficient (Wildman–Crippen LogP) is 1.66. The van der Waals surface area contributed by atoms with Crippen LogP contribution in [0.15, 0.2) is 22.8 Å². The van der Waals surface area contributed by atoms with Crippen molar-refractivity contribution in [2.24, 2.45) is 0 Å². The molecule has 0 fully saturated rings. The maximum Gasteiger partial charge on any atom is 0.296 e. The van der Waals surface area contributed by atoms with Crippen LogP contribution < -0.4 is 0 Å². The SMILES string of the molecule is O=C(Cc1ccco1)C(F)F. The Balaban J connectivity index is 2.50. The summed E-state index contributed by atoms with van der Waals surface area (Å²) in [7, 11) is 0. The van der Waals surface area contributed by atoms with Gasteiger partial charge in [0.2, 0.25) is 5.78 Å². The summed E-state index contributed by atoms with van der Waals surface area (Å²) in [5, 5.41) is 0. The molecule has 0 amide bonds. The Kier molecular flexibility index (Phi) is 2.36. The number of hydrogen-bond acceptors (Lipinski definition) is 2. The molecule has 2 nitrogen and oxygen atoms in total. The third-order valence-electron chi connectivity index (χ3n) is 1.17. The first-order valence-corrected chi connectivity index (χ1v) is 3.03. The number of furan rings is 1. The van der Waals surface area contributed by atoms with Crippen molar-refractivity contribution in [3.63, 3.8) is 0 Å². The van der Waals surface area contributed by atoms with Crippen molar-refractivity contribution >= 4 is 5.78 Å². The Morgan fingerprint density at radius 2 is 2.36 bits per heavy atom. The third kappa shape index (κ3) is 2.14. The van der Waals surface area contributed by atoms with Gasteiger partial charge in [-0.1, -0.05) is 0 Å². The van der Waals surface area contributed by atoms with E-state index in [-0.39, 0.29) is 12.2 Å². The van der Waals surface area contributed by atoms with E-state index in [9.17, 15) is 13.6 Å². The molecule has 60 valence electrons. The van der Waals surface area contributed by atoms with Crippen LogP contribution in [0.2, 0.25) is 0 Å². The summed E-state index contributed by atoms with van der Waals surface area (Å²) in [4.78, 5) is 10.4. The van der Waals surface area contributed by atoms with Gasteiger partial charge in [-0.25, -0.2) is 8.78 Å². The number of carbonyl (C=O) groups excluding carboxylic acids is 1. The highest BCUT2D eigenvalue weighted by atomic mass is 19.3. The van der Waals surface area contributed by atoms with E-state index in [0.29, 0.717) is 0 Å². The Labute approximate surface area is 61.8 Å². The first-order valence-electron chi connectivity index (χ1n) is 3.03. The highest BCUT2D eigenvalue weighted by molar-refractivity contribution is 5.83. The van der Waals surface area contributed by atoms with E-state index in [1.54, 1.807) is 6.07 Å². The fourth-order valence-corrected chi connectivity index (χ4v) is 0.662. The van der Waals surface area contributed by atoms with Gasteiger partial charge in [0, 0.05) is 0 Å². The normalized spacial score (nSPS) is 10.5. The minimum absolute atomic E-state index is 0.273. The number of alkyl halides is 2. The van der Waals surface area contributed by atoms with Crippen LogP contribution in [0.25, 0.3) is 0 Å². The number of halogens is 2. The molecule has 0 N–H and O–H groups in total. The topological polar surface area (TPSA) is 30.2 Å². The molecule has 0 aliphatic heterocycles. The van der Waals surface area contributed by atoms with Gasteiger partial charge in [0.25, 0.3) is 6.43 Å². The molecule has 1 aromatic rings. The van der Waals surface area contributed by atoms with Crippen molar-refractivity contribution in [3.8, 4) is 0 Å². The molecule has 11 heavy (non-hydrogen) atoms. The average molecular weight is 160 g/mol. The van der Waals surface area contributed by atoms with E-state index in [2.05, 4.69) is 0 Å². The van der Waals surface area contributed by atoms with Gasteiger partial charge in [0.15, 0.2) is 0 Å². The van der Waals surface area contributed by atoms with E-state index in [1.165, 1.54) is 12.3 Å². The van der Waals surface area contributed by atoms with Gasteiger partial charge in [-0.15, -0.1) is 0 Å². The van der Waals surface area contributed by atoms with Gasteiger partial charge < -0.3 is 4.42 Å². The Morgan fingerprint density at radius 3 is 2.82 bits per heavy atom. The second-order valence-corrected chi connectivity index (χ2v) is 2.02. The minimum atomic E-state index is -2.90. The summed E-state index contributed by atoms with van der Waals surface area (Å²) in [5.74, 6) is -0.838. The predicted molar refractivity (Wildman–Crippen MR) is 33.4 cm³/mol. The molecular weight excluding hydrogens is 154 g/mol. The van der Waals surface area contributed by atoms with E-state index in [0.717, 1.165) is 0 Å². The number of rotatable bonds is 3. The zero-order chi connectivity index (χ0) is 8.27. The second-order valence-electron chi connectivity index (χ2n) is 2.02. The molecule has 0 spiro atoms. The molecule has 1 aromatic heterocycles. The fraction of sp³-hybridized carbons (Fsp3) is 0.286. The van der Waals surface area contributed by atoms with Crippen LogP contribution in [-0.2, 0) is 11.2 Å². The summed E-state index contributed by atoms with van der Waals surface area (Å²) < 4.78 is 28.0. The quantitative estimate of drug-likeness (QED) is 0.673. The standard InChI is InChI=1S/C7H6F2O2/c8-7(9)6(10)4-5-2-1-3-11-5/h1-3,7H,4H2. The highest BCUT2D eigenvalue weighted by Gasteiger charge is 2.16. The molecular formula is C7H6F2O2. The zero-order valence-corrected chi connectivity index (χ0v) is 5.59. The van der Waals surface area contributed by atoms with Gasteiger partial charge in [-0.05, 0) is 12.1 Å². The third-order valence-corrected chi connectivity index (χ3v) is 1.17. The fourth-order valence-electron chi connectivity index (χ4n) is 0.662. The van der Waals surface area contributed by atoms with E-state index in [1.807, 2.05) is 0 Å². The van der Waals surface area contributed by atoms with Crippen LogP contribution in [0.1, 0.15) is 5.76 Å². The molecule has 0 bridgehead atoms. The van der Waals surface area contributed by atoms with Crippen LogP contribution >= 0.6 is 0 Å². The lowest BCUT2D eigenvalue weighted by Gasteiger charge is -1.93. The lowest BCUT2D eigenvalue weighted by Crippen LogP contribution is -2.12. The van der Waals surface area contributed by atoms with Crippen LogP contribution in [0.5, 0.6) is 0 Å². The van der Waals surface area contributed by atoms with Crippen LogP contribution in [0.3, 0.4) is 0 Å². The largest absolute Gasteiger partial charge is 0.469 e. The molecule has 0 radical (unpaired) electrons. The Hall–Kier alpha value is -1.19. The Morgan fingerprint density at radius 1 is 1.64 bits per heavy atom. The maximum atomic E-state index is 11.6. The Bertz CT molecular complexity index is 229. The molecule has 0 aliphatic rings. The number of hydrogen-bond donors (Lipinski definition) is 0. The van der Waals surface area contributed by atoms with Crippen LogP contribution in [0.4, 0.5) is 8.78 Å². The number of ketones is 1. The summed E-state index contributed by atoms with van der Waals surface area (Å²) in [6.07, 6.45) is -1.89. The minimum Gasteiger partial charge on any atom is -0.469 e. The molecule has 0 aliphatic carbocycles. The van der Waals surface area contributed by atoms with Crippen molar-refractivity contribution in [1.82, 2.24) is 0 Å². The molecule has 1 rings (SSSR count).